The lowest BCUT2D eigenvalue weighted by atomic mass is 10.00. The van der Waals surface area contributed by atoms with Crippen molar-refractivity contribution in [2.24, 2.45) is 0 Å². The molecule has 0 amide bonds. The Labute approximate surface area is 120 Å². The molecule has 0 aromatic carbocycles. The van der Waals surface area contributed by atoms with Crippen molar-refractivity contribution in [3.8, 4) is 0 Å². The molecule has 20 heavy (non-hydrogen) atoms. The summed E-state index contributed by atoms with van der Waals surface area (Å²) in [7, 11) is 0. The van der Waals surface area contributed by atoms with E-state index in [0.717, 1.165) is 0 Å². The first-order valence-corrected chi connectivity index (χ1v) is 9.24. The van der Waals surface area contributed by atoms with Gasteiger partial charge in [0.2, 0.25) is 0 Å². The van der Waals surface area contributed by atoms with Gasteiger partial charge in [0, 0.05) is 6.92 Å². The van der Waals surface area contributed by atoms with Crippen LogP contribution in [0.3, 0.4) is 0 Å². The molecule has 0 heterocycles. The van der Waals surface area contributed by atoms with E-state index in [2.05, 4.69) is 33.2 Å². The number of halogens is 13. The molecule has 0 spiro atoms. The van der Waals surface area contributed by atoms with Crippen molar-refractivity contribution in [3.63, 3.8) is 0 Å². The maximum absolute atomic E-state index is 13.0. The Morgan fingerprint density at radius 1 is 0.600 bits per heavy atom. The Morgan fingerprint density at radius 3 is 1.10 bits per heavy atom. The highest BCUT2D eigenvalue weighted by Gasteiger charge is 2.88. The van der Waals surface area contributed by atoms with Gasteiger partial charge >= 0.3 is 35.2 Å². The van der Waals surface area contributed by atoms with E-state index in [4.69, 9.17) is 0 Å². The number of alkyl halides is 10. The summed E-state index contributed by atoms with van der Waals surface area (Å²) in [5.74, 6) is -26.7. The lowest BCUT2D eigenvalue weighted by Gasteiger charge is -2.39. The summed E-state index contributed by atoms with van der Waals surface area (Å²) in [6.07, 6.45) is 0. The van der Waals surface area contributed by atoms with E-state index in [-0.39, 0.29) is 0 Å². The zero-order chi connectivity index (χ0) is 17.0. The van der Waals surface area contributed by atoms with Crippen LogP contribution < -0.4 is 0 Å². The summed E-state index contributed by atoms with van der Waals surface area (Å²) in [4.78, 5) is 0. The van der Waals surface area contributed by atoms with Crippen LogP contribution in [0.2, 0.25) is 0 Å². The second-order valence-electron chi connectivity index (χ2n) is 3.68. The summed E-state index contributed by atoms with van der Waals surface area (Å²) < 4.78 is 128. The third-order valence-corrected chi connectivity index (χ3v) is 5.25. The molecule has 0 rings (SSSR count). The topological polar surface area (TPSA) is 0 Å². The van der Waals surface area contributed by atoms with Crippen LogP contribution in [0.15, 0.2) is 0 Å². The van der Waals surface area contributed by atoms with Crippen molar-refractivity contribution >= 4 is 39.2 Å². The van der Waals surface area contributed by atoms with Crippen molar-refractivity contribution in [2.45, 2.75) is 36.2 Å². The maximum Gasteiger partial charge on any atom is 0.424 e. The average Bonchev–Trinajstić information content (AvgIpc) is 2.12. The molecule has 0 saturated heterocycles. The van der Waals surface area contributed by atoms with E-state index in [9.17, 15) is 43.9 Å². The fraction of sp³-hybridized carbons (Fsp3) is 1.00. The van der Waals surface area contributed by atoms with Gasteiger partial charge in [-0.2, -0.15) is 43.9 Å². The van der Waals surface area contributed by atoms with Gasteiger partial charge in [-0.15, -0.1) is 33.2 Å². The Morgan fingerprint density at radius 2 is 0.900 bits per heavy atom. The Kier molecular flexibility index (Phi) is 5.05. The predicted octanol–water partition coefficient (Wildman–Crippen LogP) is 5.38. The first-order chi connectivity index (χ1) is 8.25. The van der Waals surface area contributed by atoms with E-state index >= 15 is 0 Å². The average molecular weight is 400 g/mol. The number of rotatable bonds is 5. The fourth-order valence-corrected chi connectivity index (χ4v) is 2.43. The molecular weight excluding hydrogens is 396 g/mol. The van der Waals surface area contributed by atoms with Crippen molar-refractivity contribution < 1.29 is 43.9 Å². The monoisotopic (exact) mass is 398 g/mol. The molecule has 0 aromatic heterocycles. The van der Waals surface area contributed by atoms with Gasteiger partial charge in [-0.1, -0.05) is 0 Å². The quantitative estimate of drug-likeness (QED) is 0.331. The van der Waals surface area contributed by atoms with Gasteiger partial charge in [0.25, 0.3) is 0 Å². The first kappa shape index (κ1) is 20.4. The zero-order valence-electron chi connectivity index (χ0n) is 8.91. The molecule has 0 aliphatic carbocycles. The fourth-order valence-electron chi connectivity index (χ4n) is 0.848. The molecule has 14 heteroatoms. The minimum atomic E-state index is -7.17. The van der Waals surface area contributed by atoms with Crippen LogP contribution in [-0.2, 0) is 0 Å². The maximum atomic E-state index is 13.0. The minimum absolute atomic E-state index is 0.845. The highest BCUT2D eigenvalue weighted by Crippen LogP contribution is 2.60. The van der Waals surface area contributed by atoms with Crippen LogP contribution in [0.4, 0.5) is 43.9 Å². The summed E-state index contributed by atoms with van der Waals surface area (Å²) >= 11 is 13.4. The third kappa shape index (κ3) is 2.70. The van der Waals surface area contributed by atoms with Crippen LogP contribution in [0.25, 0.3) is 0 Å². The van der Waals surface area contributed by atoms with Crippen LogP contribution in [0, 0.1) is 0 Å². The van der Waals surface area contributed by atoms with Gasteiger partial charge in [0.15, 0.2) is 0 Å². The second kappa shape index (κ2) is 4.95. The number of hydrogen-bond acceptors (Lipinski definition) is 0. The molecule has 0 radical (unpaired) electrons. The minimum Gasteiger partial charge on any atom is -0.200 e. The van der Waals surface area contributed by atoms with Crippen LogP contribution in [0.1, 0.15) is 6.92 Å². The summed E-state index contributed by atoms with van der Waals surface area (Å²) in [6.45, 7) is -0.845. The molecule has 0 aromatic rings. The second-order valence-corrected chi connectivity index (χ2v) is 12.2. The Hall–Kier alpha value is 0.387. The predicted molar refractivity (Wildman–Crippen MR) is 53.7 cm³/mol. The zero-order valence-corrected chi connectivity index (χ0v) is 12.2. The van der Waals surface area contributed by atoms with Gasteiger partial charge in [0.1, 0.15) is 0 Å². The molecule has 122 valence electrons. The summed E-state index contributed by atoms with van der Waals surface area (Å²) in [5.41, 5.74) is -6.22. The van der Waals surface area contributed by atoms with Gasteiger partial charge in [-0.3, -0.25) is 0 Å². The SMILES string of the molecule is CC(F)(F)C(F)(F)C(F)(F)C(F)(F)C(F)(F)[Si](Cl)(Cl)Cl. The van der Waals surface area contributed by atoms with E-state index < -0.39 is 42.2 Å². The van der Waals surface area contributed by atoms with Gasteiger partial charge < -0.3 is 0 Å². The highest BCUT2D eigenvalue weighted by atomic mass is 35.8. The van der Waals surface area contributed by atoms with Crippen LogP contribution >= 0.6 is 33.2 Å². The standard InChI is InChI=1S/C6H3Cl3F10Si/c1-2(10,11)3(12,13)4(14,15)5(16,17)6(18,19)20(7,8)9/h1H3. The van der Waals surface area contributed by atoms with E-state index in [1.54, 1.807) is 0 Å². The van der Waals surface area contributed by atoms with Crippen molar-refractivity contribution in [1.82, 2.24) is 0 Å². The van der Waals surface area contributed by atoms with E-state index in [1.807, 2.05) is 0 Å². The molecule has 0 aliphatic rings. The van der Waals surface area contributed by atoms with Gasteiger partial charge in [-0.25, -0.2) is 0 Å². The molecule has 0 bridgehead atoms. The molecule has 0 saturated carbocycles. The largest absolute Gasteiger partial charge is 0.424 e. The lowest BCUT2D eigenvalue weighted by molar-refractivity contribution is -0.387. The van der Waals surface area contributed by atoms with Crippen molar-refractivity contribution in [2.75, 3.05) is 0 Å². The molecule has 0 atom stereocenters. The van der Waals surface area contributed by atoms with E-state index in [0.29, 0.717) is 0 Å². The summed E-state index contributed by atoms with van der Waals surface area (Å²) in [6, 6.07) is -5.99. The smallest absolute Gasteiger partial charge is 0.200 e. The van der Waals surface area contributed by atoms with Crippen LogP contribution in [0.5, 0.6) is 0 Å². The molecule has 0 N–H and O–H groups in total. The number of hydrogen-bond donors (Lipinski definition) is 0. The molecular formula is C6H3Cl3F10Si. The Balaban J connectivity index is 6.08. The molecule has 0 nitrogen and oxygen atoms in total. The van der Waals surface area contributed by atoms with Crippen molar-refractivity contribution in [1.29, 1.82) is 0 Å². The van der Waals surface area contributed by atoms with Gasteiger partial charge in [-0.05, 0) is 0 Å². The molecule has 0 unspecified atom stereocenters. The first-order valence-electron chi connectivity index (χ1n) is 4.21. The molecule has 0 aliphatic heterocycles. The summed E-state index contributed by atoms with van der Waals surface area (Å²) in [5, 5.41) is 0. The Bertz CT molecular complexity index is 334. The normalized spacial score (nSPS) is 16.5. The van der Waals surface area contributed by atoms with E-state index in [1.165, 1.54) is 0 Å². The lowest BCUT2D eigenvalue weighted by Crippen LogP contribution is -2.70. The third-order valence-electron chi connectivity index (χ3n) is 2.09. The van der Waals surface area contributed by atoms with Crippen molar-refractivity contribution in [3.05, 3.63) is 0 Å². The molecule has 0 fully saturated rings. The van der Waals surface area contributed by atoms with Crippen LogP contribution in [-0.4, -0.2) is 35.2 Å². The van der Waals surface area contributed by atoms with Gasteiger partial charge in [0.05, 0.1) is 0 Å². The highest BCUT2D eigenvalue weighted by molar-refractivity contribution is 7.65.